The van der Waals surface area contributed by atoms with Gasteiger partial charge in [-0.3, -0.25) is 0 Å². The number of likely N-dealkylation sites (N-methyl/N-ethyl adjacent to an activating group) is 1. The van der Waals surface area contributed by atoms with Gasteiger partial charge in [0.1, 0.15) is 0 Å². The molecular formula is C14H22N2O. The van der Waals surface area contributed by atoms with Crippen LogP contribution in [0.2, 0.25) is 0 Å². The topological polar surface area (TPSA) is 38.5 Å². The Balaban J connectivity index is 2.35. The molecular weight excluding hydrogens is 212 g/mol. The van der Waals surface area contributed by atoms with Gasteiger partial charge in [0.25, 0.3) is 0 Å². The molecule has 17 heavy (non-hydrogen) atoms. The largest absolute Gasteiger partial charge is 0.398 e. The smallest absolute Gasteiger partial charge is 0.0475 e. The minimum Gasteiger partial charge on any atom is -0.398 e. The van der Waals surface area contributed by atoms with E-state index in [2.05, 4.69) is 31.1 Å². The van der Waals surface area contributed by atoms with E-state index in [9.17, 15) is 0 Å². The molecule has 1 aliphatic heterocycles. The van der Waals surface area contributed by atoms with E-state index in [0.717, 1.165) is 38.3 Å². The van der Waals surface area contributed by atoms with Gasteiger partial charge in [-0.25, -0.2) is 0 Å². The Hall–Kier alpha value is -1.06. The number of benzene rings is 1. The number of nitrogens with two attached hydrogens (primary N) is 1. The Morgan fingerprint density at radius 3 is 2.47 bits per heavy atom. The number of para-hydroxylation sites is 1. The van der Waals surface area contributed by atoms with Gasteiger partial charge in [-0.05, 0) is 38.6 Å². The molecule has 0 spiro atoms. The summed E-state index contributed by atoms with van der Waals surface area (Å²) in [4.78, 5) is 2.25. The van der Waals surface area contributed by atoms with Gasteiger partial charge >= 0.3 is 0 Å². The van der Waals surface area contributed by atoms with Gasteiger partial charge in [0.05, 0.1) is 0 Å². The second kappa shape index (κ2) is 5.07. The van der Waals surface area contributed by atoms with Crippen LogP contribution in [0.4, 0.5) is 5.69 Å². The Morgan fingerprint density at radius 2 is 1.88 bits per heavy atom. The molecule has 0 saturated carbocycles. The average molecular weight is 234 g/mol. The van der Waals surface area contributed by atoms with Crippen LogP contribution in [0, 0.1) is 0 Å². The fraction of sp³-hybridized carbons (Fsp3) is 0.571. The van der Waals surface area contributed by atoms with Gasteiger partial charge in [0, 0.05) is 30.9 Å². The summed E-state index contributed by atoms with van der Waals surface area (Å²) in [5, 5.41) is 0. The lowest BCUT2D eigenvalue weighted by molar-refractivity contribution is 0.0404. The van der Waals surface area contributed by atoms with E-state index in [0.29, 0.717) is 0 Å². The molecule has 1 aromatic carbocycles. The van der Waals surface area contributed by atoms with Crippen molar-refractivity contribution in [2.75, 3.05) is 39.6 Å². The second-order valence-electron chi connectivity index (χ2n) is 5.22. The molecule has 1 aromatic rings. The summed E-state index contributed by atoms with van der Waals surface area (Å²) in [6, 6.07) is 8.26. The van der Waals surface area contributed by atoms with Crippen molar-refractivity contribution in [1.82, 2.24) is 4.90 Å². The maximum absolute atomic E-state index is 6.15. The first-order chi connectivity index (χ1) is 8.14. The van der Waals surface area contributed by atoms with E-state index in [1.54, 1.807) is 0 Å². The van der Waals surface area contributed by atoms with Gasteiger partial charge in [-0.15, -0.1) is 0 Å². The molecule has 2 rings (SSSR count). The fourth-order valence-corrected chi connectivity index (χ4v) is 2.86. The van der Waals surface area contributed by atoms with Crippen molar-refractivity contribution in [2.24, 2.45) is 0 Å². The molecule has 0 amide bonds. The summed E-state index contributed by atoms with van der Waals surface area (Å²) in [6.07, 6.45) is 2.11. The molecule has 0 bridgehead atoms. The van der Waals surface area contributed by atoms with Crippen LogP contribution in [0.5, 0.6) is 0 Å². The van der Waals surface area contributed by atoms with Crippen LogP contribution in [0.1, 0.15) is 18.4 Å². The van der Waals surface area contributed by atoms with Crippen LogP contribution >= 0.6 is 0 Å². The highest BCUT2D eigenvalue weighted by atomic mass is 16.5. The Kier molecular flexibility index (Phi) is 3.69. The van der Waals surface area contributed by atoms with Crippen molar-refractivity contribution in [3.05, 3.63) is 29.8 Å². The Labute approximate surface area is 104 Å². The van der Waals surface area contributed by atoms with Crippen molar-refractivity contribution in [2.45, 2.75) is 18.3 Å². The normalized spacial score (nSPS) is 19.5. The van der Waals surface area contributed by atoms with E-state index >= 15 is 0 Å². The van der Waals surface area contributed by atoms with Crippen LogP contribution in [-0.4, -0.2) is 38.8 Å². The third-order valence-electron chi connectivity index (χ3n) is 3.60. The third kappa shape index (κ3) is 2.61. The highest BCUT2D eigenvalue weighted by Gasteiger charge is 2.36. The highest BCUT2D eigenvalue weighted by molar-refractivity contribution is 5.51. The molecule has 3 nitrogen and oxygen atoms in total. The standard InChI is InChI=1S/C14H22N2O/c1-16(2)11-14(7-9-17-10-8-14)12-5-3-4-6-13(12)15/h3-6H,7-11,15H2,1-2H3. The van der Waals surface area contributed by atoms with Crippen molar-refractivity contribution in [3.8, 4) is 0 Å². The predicted molar refractivity (Wildman–Crippen MR) is 71.1 cm³/mol. The van der Waals surface area contributed by atoms with Crippen LogP contribution < -0.4 is 5.73 Å². The van der Waals surface area contributed by atoms with E-state index < -0.39 is 0 Å². The van der Waals surface area contributed by atoms with E-state index in [4.69, 9.17) is 10.5 Å². The van der Waals surface area contributed by atoms with Crippen molar-refractivity contribution in [1.29, 1.82) is 0 Å². The van der Waals surface area contributed by atoms with Crippen molar-refractivity contribution >= 4 is 5.69 Å². The first kappa shape index (κ1) is 12.4. The molecule has 1 fully saturated rings. The number of hydrogen-bond donors (Lipinski definition) is 1. The van der Waals surface area contributed by atoms with Crippen LogP contribution in [0.25, 0.3) is 0 Å². The van der Waals surface area contributed by atoms with Gasteiger partial charge in [-0.1, -0.05) is 18.2 Å². The van der Waals surface area contributed by atoms with Gasteiger partial charge in [0.15, 0.2) is 0 Å². The van der Waals surface area contributed by atoms with Crippen LogP contribution in [0.15, 0.2) is 24.3 Å². The average Bonchev–Trinajstić information content (AvgIpc) is 2.29. The summed E-state index contributed by atoms with van der Waals surface area (Å²) >= 11 is 0. The molecule has 1 heterocycles. The minimum absolute atomic E-state index is 0.160. The van der Waals surface area contributed by atoms with Gasteiger partial charge in [-0.2, -0.15) is 0 Å². The summed E-state index contributed by atoms with van der Waals surface area (Å²) in [5.74, 6) is 0. The van der Waals surface area contributed by atoms with Crippen molar-refractivity contribution < 1.29 is 4.74 Å². The zero-order valence-corrected chi connectivity index (χ0v) is 10.8. The molecule has 0 atom stereocenters. The van der Waals surface area contributed by atoms with Crippen LogP contribution in [0.3, 0.4) is 0 Å². The number of anilines is 1. The van der Waals surface area contributed by atoms with E-state index in [1.165, 1.54) is 5.56 Å². The molecule has 3 heteroatoms. The van der Waals surface area contributed by atoms with Gasteiger partial charge < -0.3 is 15.4 Å². The second-order valence-corrected chi connectivity index (χ2v) is 5.22. The Bertz CT molecular complexity index is 370. The third-order valence-corrected chi connectivity index (χ3v) is 3.60. The number of nitrogen functional groups attached to an aromatic ring is 1. The first-order valence-corrected chi connectivity index (χ1v) is 6.21. The quantitative estimate of drug-likeness (QED) is 0.812. The molecule has 0 aliphatic carbocycles. The molecule has 1 saturated heterocycles. The number of rotatable bonds is 3. The molecule has 0 radical (unpaired) electrons. The molecule has 0 unspecified atom stereocenters. The number of nitrogens with zero attached hydrogens (tertiary/aromatic N) is 1. The highest BCUT2D eigenvalue weighted by Crippen LogP contribution is 2.38. The maximum atomic E-state index is 6.15. The number of hydrogen-bond acceptors (Lipinski definition) is 3. The monoisotopic (exact) mass is 234 g/mol. The lowest BCUT2D eigenvalue weighted by Crippen LogP contribution is -2.42. The summed E-state index contributed by atoms with van der Waals surface area (Å²) in [5.41, 5.74) is 8.51. The predicted octanol–water partition coefficient (Wildman–Crippen LogP) is 1.88. The van der Waals surface area contributed by atoms with Crippen LogP contribution in [-0.2, 0) is 10.2 Å². The zero-order chi connectivity index (χ0) is 12.3. The van der Waals surface area contributed by atoms with E-state index in [1.807, 2.05) is 12.1 Å². The fourth-order valence-electron chi connectivity index (χ4n) is 2.86. The molecule has 94 valence electrons. The number of ether oxygens (including phenoxy) is 1. The maximum Gasteiger partial charge on any atom is 0.0475 e. The minimum atomic E-state index is 0.160. The SMILES string of the molecule is CN(C)CC1(c2ccccc2N)CCOCC1. The zero-order valence-electron chi connectivity index (χ0n) is 10.8. The van der Waals surface area contributed by atoms with E-state index in [-0.39, 0.29) is 5.41 Å². The lowest BCUT2D eigenvalue weighted by Gasteiger charge is -2.40. The van der Waals surface area contributed by atoms with Gasteiger partial charge in [0.2, 0.25) is 0 Å². The molecule has 1 aliphatic rings. The summed E-state index contributed by atoms with van der Waals surface area (Å²) in [6.45, 7) is 2.70. The molecule has 2 N–H and O–H groups in total. The molecule has 0 aromatic heterocycles. The summed E-state index contributed by atoms with van der Waals surface area (Å²) in [7, 11) is 4.24. The Morgan fingerprint density at radius 1 is 1.24 bits per heavy atom. The first-order valence-electron chi connectivity index (χ1n) is 6.21. The lowest BCUT2D eigenvalue weighted by atomic mass is 9.73. The van der Waals surface area contributed by atoms with Crippen molar-refractivity contribution in [3.63, 3.8) is 0 Å². The summed E-state index contributed by atoms with van der Waals surface area (Å²) < 4.78 is 5.51.